The normalized spacial score (nSPS) is 26.2. The highest BCUT2D eigenvalue weighted by atomic mass is 35.5. The molecule has 136 valence electrons. The number of amides is 1. The minimum Gasteiger partial charge on any atom is -0.509 e. The molecule has 0 saturated heterocycles. The fraction of sp³-hybridized carbons (Fsp3) is 0.550. The highest BCUT2D eigenvalue weighted by molar-refractivity contribution is 6.31. The Bertz CT molecular complexity index is 718. The standard InChI is InChI=1S/C20H26ClNO3/c1-4-13-10-14(21)11-15(25-5-2)16(13)17-18(23)20(22-19(17)24)8-6-12(3)7-9-20/h10-12,23H,4-9H2,1-3H3,(H,22,24). The van der Waals surface area contributed by atoms with Crippen LogP contribution in [-0.4, -0.2) is 23.2 Å². The second-order valence-electron chi connectivity index (χ2n) is 7.17. The average Bonchev–Trinajstić information content (AvgIpc) is 2.81. The monoisotopic (exact) mass is 363 g/mol. The molecule has 0 aromatic heterocycles. The smallest absolute Gasteiger partial charge is 0.256 e. The van der Waals surface area contributed by atoms with E-state index in [1.165, 1.54) is 0 Å². The van der Waals surface area contributed by atoms with Crippen molar-refractivity contribution < 1.29 is 14.6 Å². The van der Waals surface area contributed by atoms with Gasteiger partial charge in [0.05, 0.1) is 17.7 Å². The Labute approximate surface area is 154 Å². The van der Waals surface area contributed by atoms with Gasteiger partial charge in [0, 0.05) is 10.6 Å². The number of carbonyl (C=O) groups is 1. The molecule has 1 spiro atoms. The molecule has 5 heteroatoms. The predicted molar refractivity (Wildman–Crippen MR) is 100 cm³/mol. The van der Waals surface area contributed by atoms with Gasteiger partial charge in [-0.25, -0.2) is 0 Å². The topological polar surface area (TPSA) is 58.6 Å². The predicted octanol–water partition coefficient (Wildman–Crippen LogP) is 4.65. The summed E-state index contributed by atoms with van der Waals surface area (Å²) >= 11 is 6.22. The molecule has 2 aliphatic rings. The minimum absolute atomic E-state index is 0.169. The van der Waals surface area contributed by atoms with E-state index in [1.54, 1.807) is 6.07 Å². The van der Waals surface area contributed by atoms with Crippen LogP contribution in [0.2, 0.25) is 5.02 Å². The summed E-state index contributed by atoms with van der Waals surface area (Å²) in [6, 6.07) is 3.57. The number of carbonyl (C=O) groups excluding carboxylic acids is 1. The lowest BCUT2D eigenvalue weighted by Crippen LogP contribution is -2.47. The van der Waals surface area contributed by atoms with Crippen LogP contribution >= 0.6 is 11.6 Å². The van der Waals surface area contributed by atoms with Gasteiger partial charge in [-0.05, 0) is 62.6 Å². The molecule has 0 atom stereocenters. The highest BCUT2D eigenvalue weighted by Gasteiger charge is 2.48. The molecule has 1 aliphatic carbocycles. The summed E-state index contributed by atoms with van der Waals surface area (Å²) in [6.07, 6.45) is 4.24. The van der Waals surface area contributed by atoms with Crippen LogP contribution in [0, 0.1) is 5.92 Å². The van der Waals surface area contributed by atoms with Crippen molar-refractivity contribution in [1.82, 2.24) is 5.32 Å². The van der Waals surface area contributed by atoms with E-state index in [2.05, 4.69) is 12.2 Å². The second kappa shape index (κ2) is 6.91. The number of nitrogens with one attached hydrogen (secondary N) is 1. The van der Waals surface area contributed by atoms with Gasteiger partial charge >= 0.3 is 0 Å². The third-order valence-electron chi connectivity index (χ3n) is 5.48. The number of aliphatic hydroxyl groups excluding tert-OH is 1. The molecule has 1 fully saturated rings. The third kappa shape index (κ3) is 3.12. The van der Waals surface area contributed by atoms with Gasteiger partial charge in [-0.2, -0.15) is 0 Å². The maximum atomic E-state index is 12.8. The van der Waals surface area contributed by atoms with Crippen molar-refractivity contribution in [2.45, 2.75) is 58.4 Å². The first-order valence-corrected chi connectivity index (χ1v) is 9.51. The van der Waals surface area contributed by atoms with Gasteiger partial charge < -0.3 is 15.2 Å². The molecular formula is C20H26ClNO3. The lowest BCUT2D eigenvalue weighted by atomic mass is 9.76. The number of benzene rings is 1. The van der Waals surface area contributed by atoms with Crippen LogP contribution in [0.25, 0.3) is 5.57 Å². The SMILES string of the molecule is CCOc1cc(Cl)cc(CC)c1C1=C(O)C2(CCC(C)CC2)NC1=O. The van der Waals surface area contributed by atoms with Crippen molar-refractivity contribution in [3.63, 3.8) is 0 Å². The summed E-state index contributed by atoms with van der Waals surface area (Å²) in [5.41, 5.74) is 1.33. The number of halogens is 1. The Morgan fingerprint density at radius 3 is 2.60 bits per heavy atom. The van der Waals surface area contributed by atoms with Crippen LogP contribution in [-0.2, 0) is 11.2 Å². The van der Waals surface area contributed by atoms with Gasteiger partial charge in [0.1, 0.15) is 11.5 Å². The minimum atomic E-state index is -0.618. The van der Waals surface area contributed by atoms with E-state index in [9.17, 15) is 9.90 Å². The Hall–Kier alpha value is -1.68. The Kier molecular flexibility index (Phi) is 5.01. The molecule has 25 heavy (non-hydrogen) atoms. The van der Waals surface area contributed by atoms with Crippen LogP contribution in [0.3, 0.4) is 0 Å². The number of aliphatic hydroxyl groups is 1. The largest absolute Gasteiger partial charge is 0.509 e. The molecule has 1 amide bonds. The second-order valence-corrected chi connectivity index (χ2v) is 7.60. The van der Waals surface area contributed by atoms with Crippen molar-refractivity contribution in [3.05, 3.63) is 34.0 Å². The molecule has 2 N–H and O–H groups in total. The van der Waals surface area contributed by atoms with Crippen LogP contribution < -0.4 is 10.1 Å². The molecule has 1 aromatic rings. The first-order valence-electron chi connectivity index (χ1n) is 9.13. The van der Waals surface area contributed by atoms with Crippen molar-refractivity contribution in [2.75, 3.05) is 6.61 Å². The molecule has 0 radical (unpaired) electrons. The van der Waals surface area contributed by atoms with Gasteiger partial charge in [0.25, 0.3) is 5.91 Å². The quantitative estimate of drug-likeness (QED) is 0.818. The average molecular weight is 364 g/mol. The summed E-state index contributed by atoms with van der Waals surface area (Å²) in [4.78, 5) is 12.8. The Morgan fingerprint density at radius 1 is 1.32 bits per heavy atom. The van der Waals surface area contributed by atoms with Gasteiger partial charge in [0.2, 0.25) is 0 Å². The summed E-state index contributed by atoms with van der Waals surface area (Å²) in [5.74, 6) is 1.14. The van der Waals surface area contributed by atoms with Gasteiger partial charge in [-0.1, -0.05) is 25.4 Å². The maximum Gasteiger partial charge on any atom is 0.256 e. The number of aryl methyl sites for hydroxylation is 1. The molecule has 4 nitrogen and oxygen atoms in total. The van der Waals surface area contributed by atoms with E-state index < -0.39 is 5.54 Å². The van der Waals surface area contributed by atoms with Gasteiger partial charge in [-0.15, -0.1) is 0 Å². The highest BCUT2D eigenvalue weighted by Crippen LogP contribution is 2.45. The number of hydrogen-bond acceptors (Lipinski definition) is 3. The van der Waals surface area contributed by atoms with Crippen LogP contribution in [0.4, 0.5) is 0 Å². The van der Waals surface area contributed by atoms with Gasteiger partial charge in [-0.3, -0.25) is 4.79 Å². The zero-order valence-corrected chi connectivity index (χ0v) is 15.9. The van der Waals surface area contributed by atoms with Crippen LogP contribution in [0.15, 0.2) is 17.9 Å². The molecule has 1 aliphatic heterocycles. The van der Waals surface area contributed by atoms with E-state index in [-0.39, 0.29) is 11.7 Å². The molecule has 3 rings (SSSR count). The van der Waals surface area contributed by atoms with Crippen LogP contribution in [0.5, 0.6) is 5.75 Å². The zero-order valence-electron chi connectivity index (χ0n) is 15.1. The fourth-order valence-corrected chi connectivity index (χ4v) is 4.23. The first-order chi connectivity index (χ1) is 11.9. The summed E-state index contributed by atoms with van der Waals surface area (Å²) in [5, 5.41) is 14.7. The van der Waals surface area contributed by atoms with Crippen molar-refractivity contribution in [2.24, 2.45) is 5.92 Å². The van der Waals surface area contributed by atoms with E-state index in [0.29, 0.717) is 40.9 Å². The Morgan fingerprint density at radius 2 is 2.00 bits per heavy atom. The van der Waals surface area contributed by atoms with E-state index in [1.807, 2.05) is 19.9 Å². The van der Waals surface area contributed by atoms with Crippen molar-refractivity contribution in [3.8, 4) is 5.75 Å². The maximum absolute atomic E-state index is 12.8. The van der Waals surface area contributed by atoms with E-state index in [4.69, 9.17) is 16.3 Å². The van der Waals surface area contributed by atoms with Crippen molar-refractivity contribution in [1.29, 1.82) is 0 Å². The summed E-state index contributed by atoms with van der Waals surface area (Å²) in [7, 11) is 0. The third-order valence-corrected chi connectivity index (χ3v) is 5.70. The lowest BCUT2D eigenvalue weighted by Gasteiger charge is -2.36. The molecule has 0 bridgehead atoms. The van der Waals surface area contributed by atoms with Crippen LogP contribution in [0.1, 0.15) is 57.6 Å². The zero-order chi connectivity index (χ0) is 18.2. The van der Waals surface area contributed by atoms with Crippen molar-refractivity contribution >= 4 is 23.1 Å². The summed E-state index contributed by atoms with van der Waals surface area (Å²) < 4.78 is 5.75. The van der Waals surface area contributed by atoms with E-state index >= 15 is 0 Å². The number of ether oxygens (including phenoxy) is 1. The summed E-state index contributed by atoms with van der Waals surface area (Å²) in [6.45, 7) is 6.58. The van der Waals surface area contributed by atoms with E-state index in [0.717, 1.165) is 31.2 Å². The molecule has 1 saturated carbocycles. The molecule has 1 aromatic carbocycles. The number of hydrogen-bond donors (Lipinski definition) is 2. The molecule has 0 unspecified atom stereocenters. The molecular weight excluding hydrogens is 338 g/mol. The van der Waals surface area contributed by atoms with Gasteiger partial charge in [0.15, 0.2) is 0 Å². The number of rotatable bonds is 4. The first kappa shape index (κ1) is 18.1. The Balaban J connectivity index is 2.14. The lowest BCUT2D eigenvalue weighted by molar-refractivity contribution is -0.116. The molecule has 1 heterocycles. The fourth-order valence-electron chi connectivity index (χ4n) is 4.00.